The zero-order chi connectivity index (χ0) is 20.5. The van der Waals surface area contributed by atoms with Gasteiger partial charge in [0, 0.05) is 24.1 Å². The summed E-state index contributed by atoms with van der Waals surface area (Å²) in [6.45, 7) is 6.58. The number of pyridine rings is 1. The number of aromatic nitrogens is 1. The standard InChI is InChI=1S/C28H27N2/c1-3-10-23(21-11-6-4-7-12-21)24-15-16-25-26(22-13-8-5-9-14-22)19-20(2)30-18-17-29-27(24)28(25)30/h4-16,19,29H,3,17-18H2,1-2H3/q+1/p+1/b23-10-. The van der Waals surface area contributed by atoms with E-state index in [2.05, 4.69) is 109 Å². The van der Waals surface area contributed by atoms with Crippen LogP contribution in [0.2, 0.25) is 0 Å². The van der Waals surface area contributed by atoms with Crippen LogP contribution in [0.25, 0.3) is 27.6 Å². The Balaban J connectivity index is 1.82. The van der Waals surface area contributed by atoms with Gasteiger partial charge in [-0.05, 0) is 35.3 Å². The van der Waals surface area contributed by atoms with Crippen LogP contribution in [0, 0.1) is 6.92 Å². The maximum absolute atomic E-state index is 2.51. The maximum Gasteiger partial charge on any atom is 0.275 e. The van der Waals surface area contributed by atoms with Crippen LogP contribution in [0.1, 0.15) is 30.2 Å². The average molecular weight is 393 g/mol. The fourth-order valence-corrected chi connectivity index (χ4v) is 4.79. The number of aryl methyl sites for hydroxylation is 1. The highest BCUT2D eigenvalue weighted by molar-refractivity contribution is 6.01. The number of benzene rings is 3. The first-order valence-corrected chi connectivity index (χ1v) is 10.9. The molecule has 0 atom stereocenters. The molecule has 0 saturated heterocycles. The Bertz CT molecular complexity index is 1240. The number of hydrogen-bond donors (Lipinski definition) is 1. The van der Waals surface area contributed by atoms with Crippen molar-refractivity contribution in [2.45, 2.75) is 26.8 Å². The molecule has 0 unspecified atom stereocenters. The number of rotatable bonds is 4. The van der Waals surface area contributed by atoms with Crippen molar-refractivity contribution < 1.29 is 9.88 Å². The van der Waals surface area contributed by atoms with Gasteiger partial charge < -0.3 is 5.32 Å². The summed E-state index contributed by atoms with van der Waals surface area (Å²) in [5, 5.41) is 3.78. The molecule has 0 radical (unpaired) electrons. The minimum absolute atomic E-state index is 1.02. The smallest absolute Gasteiger partial charge is 0.275 e. The summed E-state index contributed by atoms with van der Waals surface area (Å²) in [5.41, 5.74) is 10.6. The van der Waals surface area contributed by atoms with E-state index in [9.17, 15) is 0 Å². The van der Waals surface area contributed by atoms with Crippen LogP contribution in [0.3, 0.4) is 0 Å². The van der Waals surface area contributed by atoms with Gasteiger partial charge in [0.2, 0.25) is 5.69 Å². The van der Waals surface area contributed by atoms with E-state index in [4.69, 9.17) is 0 Å². The number of nitrogens with two attached hydrogens (primary N) is 1. The molecule has 0 saturated carbocycles. The molecule has 2 heteroatoms. The molecule has 2 heterocycles. The normalized spacial score (nSPS) is 13.6. The summed E-state index contributed by atoms with van der Waals surface area (Å²) in [6.07, 6.45) is 3.39. The highest BCUT2D eigenvalue weighted by Crippen LogP contribution is 2.36. The van der Waals surface area contributed by atoms with Gasteiger partial charge in [-0.1, -0.05) is 73.7 Å². The maximum atomic E-state index is 2.51. The molecule has 3 aromatic carbocycles. The van der Waals surface area contributed by atoms with E-state index in [0.29, 0.717) is 0 Å². The van der Waals surface area contributed by atoms with Gasteiger partial charge in [-0.3, -0.25) is 0 Å². The topological polar surface area (TPSA) is 20.5 Å². The van der Waals surface area contributed by atoms with Gasteiger partial charge >= 0.3 is 0 Å². The monoisotopic (exact) mass is 392 g/mol. The van der Waals surface area contributed by atoms with E-state index in [1.165, 1.54) is 50.1 Å². The second-order valence-electron chi connectivity index (χ2n) is 8.02. The molecular formula is C28H28N2+2. The molecule has 1 aliphatic heterocycles. The van der Waals surface area contributed by atoms with E-state index >= 15 is 0 Å². The summed E-state index contributed by atoms with van der Waals surface area (Å²) < 4.78 is 2.51. The van der Waals surface area contributed by atoms with Crippen molar-refractivity contribution >= 4 is 22.2 Å². The predicted octanol–water partition coefficient (Wildman–Crippen LogP) is 5.15. The first-order valence-electron chi connectivity index (χ1n) is 10.9. The van der Waals surface area contributed by atoms with Gasteiger partial charge in [-0.25, -0.2) is 0 Å². The molecule has 5 rings (SSSR count). The van der Waals surface area contributed by atoms with Gasteiger partial charge in [0.1, 0.15) is 6.54 Å². The van der Waals surface area contributed by atoms with E-state index < -0.39 is 0 Å². The quantitative estimate of drug-likeness (QED) is 0.366. The third-order valence-corrected chi connectivity index (χ3v) is 6.13. The lowest BCUT2D eigenvalue weighted by molar-refractivity contribution is -0.737. The Morgan fingerprint density at radius 3 is 2.43 bits per heavy atom. The number of hydrogen-bond acceptors (Lipinski definition) is 0. The van der Waals surface area contributed by atoms with Crippen molar-refractivity contribution in [3.63, 3.8) is 0 Å². The lowest BCUT2D eigenvalue weighted by Gasteiger charge is -2.19. The van der Waals surface area contributed by atoms with E-state index in [0.717, 1.165) is 19.5 Å². The largest absolute Gasteiger partial charge is 0.302 e. The molecule has 4 aromatic rings. The summed E-state index contributed by atoms with van der Waals surface area (Å²) in [7, 11) is 0. The molecule has 1 aliphatic rings. The Morgan fingerprint density at radius 1 is 0.967 bits per heavy atom. The number of nitrogens with zero attached hydrogens (tertiary/aromatic N) is 1. The number of quaternary nitrogens is 1. The minimum Gasteiger partial charge on any atom is -0.302 e. The van der Waals surface area contributed by atoms with Crippen LogP contribution in [0.4, 0.5) is 5.69 Å². The predicted molar refractivity (Wildman–Crippen MR) is 125 cm³/mol. The van der Waals surface area contributed by atoms with Gasteiger partial charge in [-0.2, -0.15) is 4.57 Å². The molecule has 0 fully saturated rings. The van der Waals surface area contributed by atoms with E-state index in [1.807, 2.05) is 0 Å². The minimum atomic E-state index is 1.02. The molecule has 0 amide bonds. The van der Waals surface area contributed by atoms with Crippen molar-refractivity contribution in [1.82, 2.24) is 0 Å². The molecule has 148 valence electrons. The van der Waals surface area contributed by atoms with Gasteiger partial charge in [0.05, 0.1) is 5.39 Å². The van der Waals surface area contributed by atoms with Crippen LogP contribution in [0.15, 0.2) is 84.9 Å². The third kappa shape index (κ3) is 3.14. The molecular weight excluding hydrogens is 364 g/mol. The fourth-order valence-electron chi connectivity index (χ4n) is 4.79. The van der Waals surface area contributed by atoms with Crippen molar-refractivity contribution in [1.29, 1.82) is 0 Å². The molecule has 0 bridgehead atoms. The van der Waals surface area contributed by atoms with E-state index in [1.54, 1.807) is 0 Å². The van der Waals surface area contributed by atoms with Crippen LogP contribution in [-0.4, -0.2) is 6.54 Å². The lowest BCUT2D eigenvalue weighted by atomic mass is 9.91. The SMILES string of the molecule is CC/C=C(/c1ccccc1)c1ccc2c(-c3ccccc3)cc(C)[n+]3c2c1[NH2+]CC3. The Labute approximate surface area is 178 Å². The highest BCUT2D eigenvalue weighted by Gasteiger charge is 2.30. The first-order chi connectivity index (χ1) is 14.8. The molecule has 0 aliphatic carbocycles. The van der Waals surface area contributed by atoms with Crippen molar-refractivity contribution in [2.75, 3.05) is 6.54 Å². The molecule has 30 heavy (non-hydrogen) atoms. The zero-order valence-corrected chi connectivity index (χ0v) is 17.7. The van der Waals surface area contributed by atoms with Gasteiger partial charge in [-0.15, -0.1) is 0 Å². The third-order valence-electron chi connectivity index (χ3n) is 6.13. The first kappa shape index (κ1) is 18.8. The average Bonchev–Trinajstić information content (AvgIpc) is 2.81. The summed E-state index contributed by atoms with van der Waals surface area (Å²) in [6, 6.07) is 28.6. The summed E-state index contributed by atoms with van der Waals surface area (Å²) >= 11 is 0. The molecule has 2 nitrogen and oxygen atoms in total. The Morgan fingerprint density at radius 2 is 1.70 bits per heavy atom. The van der Waals surface area contributed by atoms with E-state index in [-0.39, 0.29) is 0 Å². The lowest BCUT2D eigenvalue weighted by Crippen LogP contribution is -2.83. The molecule has 1 aromatic heterocycles. The van der Waals surface area contributed by atoms with Crippen molar-refractivity contribution in [2.24, 2.45) is 0 Å². The van der Waals surface area contributed by atoms with Crippen molar-refractivity contribution in [3.8, 4) is 11.1 Å². The summed E-state index contributed by atoms with van der Waals surface area (Å²) in [5.74, 6) is 0. The Hall–Kier alpha value is -3.23. The van der Waals surface area contributed by atoms with Gasteiger partial charge in [0.15, 0.2) is 12.2 Å². The molecule has 2 N–H and O–H groups in total. The second kappa shape index (κ2) is 7.89. The Kier molecular flexibility index (Phi) is 4.94. The fraction of sp³-hybridized carbons (Fsp3) is 0.179. The summed E-state index contributed by atoms with van der Waals surface area (Å²) in [4.78, 5) is 0. The van der Waals surface area contributed by atoms with Crippen LogP contribution >= 0.6 is 0 Å². The number of allylic oxidation sites excluding steroid dienone is 1. The van der Waals surface area contributed by atoms with Crippen LogP contribution < -0.4 is 9.88 Å². The van der Waals surface area contributed by atoms with Crippen molar-refractivity contribution in [3.05, 3.63) is 102 Å². The second-order valence-corrected chi connectivity index (χ2v) is 8.02. The van der Waals surface area contributed by atoms with Crippen LogP contribution in [-0.2, 0) is 6.54 Å². The van der Waals surface area contributed by atoms with Crippen LogP contribution in [0.5, 0.6) is 0 Å². The van der Waals surface area contributed by atoms with Gasteiger partial charge in [0.25, 0.3) is 5.52 Å². The zero-order valence-electron chi connectivity index (χ0n) is 17.7. The highest BCUT2D eigenvalue weighted by atomic mass is 15.1. The molecule has 0 spiro atoms.